The second-order valence-electron chi connectivity index (χ2n) is 7.63. The highest BCUT2D eigenvalue weighted by molar-refractivity contribution is 7.99. The molecular weight excluding hydrogens is 426 g/mol. The summed E-state index contributed by atoms with van der Waals surface area (Å²) in [4.78, 5) is 33.9. The first-order chi connectivity index (χ1) is 13.8. The van der Waals surface area contributed by atoms with Crippen molar-refractivity contribution in [1.82, 2.24) is 25.7 Å². The lowest BCUT2D eigenvalue weighted by atomic mass is 10.0. The van der Waals surface area contributed by atoms with E-state index in [0.29, 0.717) is 30.6 Å². The number of nitrogens with zero attached hydrogens (tertiary/aromatic N) is 3. The van der Waals surface area contributed by atoms with Gasteiger partial charge in [-0.25, -0.2) is 10.3 Å². The van der Waals surface area contributed by atoms with Crippen LogP contribution >= 0.6 is 11.8 Å². The molecular formula is C15H25N5O7S2. The number of urea groups is 1. The van der Waals surface area contributed by atoms with Crippen LogP contribution in [0.4, 0.5) is 4.79 Å². The Bertz CT molecular complexity index is 747. The number of amides is 3. The van der Waals surface area contributed by atoms with E-state index in [1.54, 1.807) is 0 Å². The zero-order valence-corrected chi connectivity index (χ0v) is 17.4. The average molecular weight is 452 g/mol. The molecule has 4 aliphatic rings. The number of piperidine rings is 1. The summed E-state index contributed by atoms with van der Waals surface area (Å²) in [5.41, 5.74) is 2.41. The van der Waals surface area contributed by atoms with Gasteiger partial charge >= 0.3 is 16.4 Å². The quantitative estimate of drug-likeness (QED) is 0.318. The van der Waals surface area contributed by atoms with Crippen molar-refractivity contribution in [1.29, 1.82) is 0 Å². The van der Waals surface area contributed by atoms with E-state index >= 15 is 0 Å². The van der Waals surface area contributed by atoms with Gasteiger partial charge in [-0.1, -0.05) is 0 Å². The predicted octanol–water partition coefficient (Wildman–Crippen LogP) is -1.23. The molecule has 2 bridgehead atoms. The van der Waals surface area contributed by atoms with Crippen LogP contribution in [0.3, 0.4) is 0 Å². The maximum absolute atomic E-state index is 12.5. The molecule has 3 N–H and O–H groups in total. The van der Waals surface area contributed by atoms with Crippen LogP contribution in [0.15, 0.2) is 0 Å². The molecule has 0 aromatic rings. The summed E-state index contributed by atoms with van der Waals surface area (Å²) >= 11 is 1.93. The SMILES string of the molecule is O=C(NOC[C@@H]1C[C@@H](N2CCSC2)CN1)[C@@H]1CC[C@@H]2CN1C(=O)N2OS(=O)(=O)O. The Hall–Kier alpha value is -1.16. The zero-order valence-electron chi connectivity index (χ0n) is 15.7. The van der Waals surface area contributed by atoms with Crippen molar-refractivity contribution in [2.45, 2.75) is 43.4 Å². The van der Waals surface area contributed by atoms with Crippen LogP contribution in [0.5, 0.6) is 0 Å². The fraction of sp³-hybridized carbons (Fsp3) is 0.867. The molecule has 0 radical (unpaired) electrons. The van der Waals surface area contributed by atoms with Crippen LogP contribution < -0.4 is 10.8 Å². The number of nitrogens with one attached hydrogen (secondary N) is 2. The fourth-order valence-electron chi connectivity index (χ4n) is 4.30. The first-order valence-corrected chi connectivity index (χ1v) is 12.1. The van der Waals surface area contributed by atoms with Gasteiger partial charge in [-0.2, -0.15) is 13.5 Å². The van der Waals surface area contributed by atoms with Crippen molar-refractivity contribution in [3.63, 3.8) is 0 Å². The molecule has 4 atom stereocenters. The van der Waals surface area contributed by atoms with Crippen LogP contribution in [0.1, 0.15) is 19.3 Å². The van der Waals surface area contributed by atoms with Crippen LogP contribution in [0.25, 0.3) is 0 Å². The molecule has 3 amide bonds. The predicted molar refractivity (Wildman–Crippen MR) is 102 cm³/mol. The zero-order chi connectivity index (χ0) is 20.6. The Morgan fingerprint density at radius 1 is 1.34 bits per heavy atom. The van der Waals surface area contributed by atoms with Crippen molar-refractivity contribution >= 4 is 34.1 Å². The number of hydrogen-bond donors (Lipinski definition) is 3. The standard InChI is InChI=1S/C15H25N5O7S2/c21-14(17-26-8-10-5-12(6-16-10)18-3-4-28-9-18)13-2-1-11-7-19(13)15(22)20(11)27-29(23,24)25/h10-13,16H,1-9H2,(H,17,21)(H,23,24,25)/t10-,11+,12+,13-/m0/s1. The summed E-state index contributed by atoms with van der Waals surface area (Å²) in [6.45, 7) is 2.47. The molecule has 0 saturated carbocycles. The van der Waals surface area contributed by atoms with Crippen LogP contribution in [-0.2, 0) is 24.3 Å². The average Bonchev–Trinajstić information content (AvgIpc) is 3.39. The summed E-state index contributed by atoms with van der Waals surface area (Å²) in [7, 11) is -4.81. The molecule has 4 rings (SSSR count). The molecule has 0 aliphatic carbocycles. The van der Waals surface area contributed by atoms with Gasteiger partial charge in [-0.3, -0.25) is 19.1 Å². The van der Waals surface area contributed by atoms with Crippen LogP contribution in [0, 0.1) is 0 Å². The Balaban J connectivity index is 1.23. The molecule has 0 unspecified atom stereocenters. The molecule has 0 spiro atoms. The maximum atomic E-state index is 12.5. The number of thioether (sulfide) groups is 1. The lowest BCUT2D eigenvalue weighted by Gasteiger charge is -2.29. The monoisotopic (exact) mass is 451 g/mol. The molecule has 0 aromatic carbocycles. The van der Waals surface area contributed by atoms with Gasteiger partial charge < -0.3 is 10.2 Å². The molecule has 4 heterocycles. The second-order valence-corrected chi connectivity index (χ2v) is 9.71. The van der Waals surface area contributed by atoms with E-state index in [1.165, 1.54) is 4.90 Å². The first kappa shape index (κ1) is 21.1. The number of hydrogen-bond acceptors (Lipinski definition) is 9. The number of hydroxylamine groups is 3. The van der Waals surface area contributed by atoms with Gasteiger partial charge in [0, 0.05) is 43.3 Å². The lowest BCUT2D eigenvalue weighted by molar-refractivity contribution is -0.139. The molecule has 14 heteroatoms. The highest BCUT2D eigenvalue weighted by Gasteiger charge is 2.49. The van der Waals surface area contributed by atoms with E-state index in [4.69, 9.17) is 9.39 Å². The Labute approximate surface area is 173 Å². The third-order valence-electron chi connectivity index (χ3n) is 5.75. The minimum absolute atomic E-state index is 0.145. The fourth-order valence-corrected chi connectivity index (χ4v) is 5.76. The summed E-state index contributed by atoms with van der Waals surface area (Å²) in [6, 6.07) is -1.44. The minimum Gasteiger partial charge on any atom is -0.310 e. The number of carbonyl (C=O) groups excluding carboxylic acids is 2. The molecule has 4 aliphatic heterocycles. The summed E-state index contributed by atoms with van der Waals surface area (Å²) < 4.78 is 35.0. The van der Waals surface area contributed by atoms with E-state index in [2.05, 4.69) is 20.0 Å². The highest BCUT2D eigenvalue weighted by atomic mass is 32.3. The number of carbonyl (C=O) groups is 2. The first-order valence-electron chi connectivity index (χ1n) is 9.55. The van der Waals surface area contributed by atoms with Gasteiger partial charge in [-0.05, 0) is 19.3 Å². The Kier molecular flexibility index (Phi) is 6.20. The summed E-state index contributed by atoms with van der Waals surface area (Å²) in [6.07, 6.45) is 1.66. The highest BCUT2D eigenvalue weighted by Crippen LogP contribution is 2.30. The van der Waals surface area contributed by atoms with E-state index < -0.39 is 34.4 Å². The Morgan fingerprint density at radius 2 is 2.17 bits per heavy atom. The molecule has 0 aromatic heterocycles. The maximum Gasteiger partial charge on any atom is 0.418 e. The van der Waals surface area contributed by atoms with Crippen molar-refractivity contribution in [3.05, 3.63) is 0 Å². The molecule has 164 valence electrons. The van der Waals surface area contributed by atoms with Gasteiger partial charge in [-0.15, -0.1) is 16.0 Å². The normalized spacial score (nSPS) is 32.9. The van der Waals surface area contributed by atoms with Gasteiger partial charge in [0.25, 0.3) is 5.91 Å². The minimum atomic E-state index is -4.81. The summed E-state index contributed by atoms with van der Waals surface area (Å²) in [5, 5.41) is 4.02. The third-order valence-corrected chi connectivity index (χ3v) is 7.09. The van der Waals surface area contributed by atoms with Gasteiger partial charge in [0.2, 0.25) is 0 Å². The molecule has 29 heavy (non-hydrogen) atoms. The van der Waals surface area contributed by atoms with Crippen LogP contribution in [0.2, 0.25) is 0 Å². The van der Waals surface area contributed by atoms with Gasteiger partial charge in [0.05, 0.1) is 12.6 Å². The van der Waals surface area contributed by atoms with E-state index in [9.17, 15) is 18.0 Å². The summed E-state index contributed by atoms with van der Waals surface area (Å²) in [5.74, 6) is 1.76. The lowest BCUT2D eigenvalue weighted by Crippen LogP contribution is -2.50. The second kappa shape index (κ2) is 8.53. The van der Waals surface area contributed by atoms with Gasteiger partial charge in [0.1, 0.15) is 6.04 Å². The largest absolute Gasteiger partial charge is 0.418 e. The number of rotatable bonds is 7. The smallest absolute Gasteiger partial charge is 0.310 e. The van der Waals surface area contributed by atoms with Crippen molar-refractivity contribution in [2.75, 3.05) is 37.9 Å². The number of fused-ring (bicyclic) bond motifs is 2. The van der Waals surface area contributed by atoms with Crippen molar-refractivity contribution in [3.8, 4) is 0 Å². The van der Waals surface area contributed by atoms with E-state index in [-0.39, 0.29) is 12.6 Å². The van der Waals surface area contributed by atoms with Crippen molar-refractivity contribution in [2.24, 2.45) is 0 Å². The van der Waals surface area contributed by atoms with Crippen LogP contribution in [-0.4, -0.2) is 102 Å². The topological polar surface area (TPSA) is 141 Å². The van der Waals surface area contributed by atoms with E-state index in [0.717, 1.165) is 31.1 Å². The third kappa shape index (κ3) is 4.78. The molecule has 4 saturated heterocycles. The van der Waals surface area contributed by atoms with Gasteiger partial charge in [0.15, 0.2) is 0 Å². The Morgan fingerprint density at radius 3 is 2.90 bits per heavy atom. The van der Waals surface area contributed by atoms with E-state index in [1.807, 2.05) is 11.8 Å². The van der Waals surface area contributed by atoms with Crippen molar-refractivity contribution < 1.29 is 31.7 Å². The molecule has 4 fully saturated rings. The molecule has 12 nitrogen and oxygen atoms in total.